The number of nitrogens with one attached hydrogen (secondary N) is 1. The minimum Gasteiger partial charge on any atom is -0.492 e. The number of amides is 3. The fourth-order valence-corrected chi connectivity index (χ4v) is 6.57. The van der Waals surface area contributed by atoms with Gasteiger partial charge in [-0.15, -0.1) is 35.1 Å². The van der Waals surface area contributed by atoms with Gasteiger partial charge in [-0.05, 0) is 67.1 Å². The summed E-state index contributed by atoms with van der Waals surface area (Å²) in [6, 6.07) is 11.7. The van der Waals surface area contributed by atoms with Crippen LogP contribution < -0.4 is 10.2 Å². The zero-order valence-corrected chi connectivity index (χ0v) is 24.3. The molecule has 3 aromatic heterocycles. The fourth-order valence-electron chi connectivity index (χ4n) is 4.73. The smallest absolute Gasteiger partial charge is 0.275 e. The van der Waals surface area contributed by atoms with E-state index in [1.165, 1.54) is 28.7 Å². The molecule has 206 valence electrons. The molecule has 1 fully saturated rings. The number of benzene rings is 1. The molecule has 0 atom stereocenters. The van der Waals surface area contributed by atoms with Gasteiger partial charge in [0.1, 0.15) is 17.2 Å². The Morgan fingerprint density at radius 3 is 2.52 bits per heavy atom. The highest BCUT2D eigenvalue weighted by Crippen LogP contribution is 2.42. The highest BCUT2D eigenvalue weighted by atomic mass is 35.5. The predicted octanol–water partition coefficient (Wildman–Crippen LogP) is 5.46. The Morgan fingerprint density at radius 2 is 1.88 bits per heavy atom. The zero-order chi connectivity index (χ0) is 27.1. The molecule has 2 aliphatic heterocycles. The highest BCUT2D eigenvalue weighted by Gasteiger charge is 2.30. The fraction of sp³-hybridized carbons (Fsp3) is 0.250. The minimum atomic E-state index is -0.431. The number of thiophene rings is 2. The lowest BCUT2D eigenvalue weighted by Crippen LogP contribution is -2.36. The van der Waals surface area contributed by atoms with Gasteiger partial charge >= 0.3 is 0 Å². The van der Waals surface area contributed by atoms with Crippen LogP contribution in [-0.4, -0.2) is 57.3 Å². The van der Waals surface area contributed by atoms with Crippen molar-refractivity contribution in [2.75, 3.05) is 25.1 Å². The normalized spacial score (nSPS) is 15.2. The quantitative estimate of drug-likeness (QED) is 0.270. The monoisotopic (exact) mass is 595 g/mol. The Labute approximate surface area is 244 Å². The number of halogens is 1. The van der Waals surface area contributed by atoms with Crippen LogP contribution in [0.5, 0.6) is 5.75 Å². The molecular weight excluding hydrogens is 570 g/mol. The maximum absolute atomic E-state index is 12.6. The van der Waals surface area contributed by atoms with E-state index >= 15 is 0 Å². The van der Waals surface area contributed by atoms with Crippen LogP contribution in [0.4, 0.5) is 5.82 Å². The van der Waals surface area contributed by atoms with Gasteiger partial charge in [-0.1, -0.05) is 6.07 Å². The molecule has 12 heteroatoms. The molecule has 2 aliphatic rings. The Balaban J connectivity index is 0.00000323. The molecule has 6 rings (SSSR count). The van der Waals surface area contributed by atoms with Crippen LogP contribution in [0.15, 0.2) is 53.4 Å². The molecule has 5 heterocycles. The Hall–Kier alpha value is -3.80. The van der Waals surface area contributed by atoms with Gasteiger partial charge in [0.2, 0.25) is 5.91 Å². The molecule has 1 N–H and O–H groups in total. The summed E-state index contributed by atoms with van der Waals surface area (Å²) in [5, 5.41) is 3.71. The molecule has 0 aliphatic carbocycles. The average molecular weight is 596 g/mol. The van der Waals surface area contributed by atoms with Crippen LogP contribution in [0.25, 0.3) is 31.4 Å². The van der Waals surface area contributed by atoms with E-state index in [0.717, 1.165) is 54.8 Å². The first kappa shape index (κ1) is 27.8. The number of anilines is 1. The van der Waals surface area contributed by atoms with Crippen molar-refractivity contribution in [1.29, 1.82) is 0 Å². The molecule has 1 aromatic carbocycles. The number of fused-ring (bicyclic) bond motifs is 1. The highest BCUT2D eigenvalue weighted by molar-refractivity contribution is 7.22. The number of carbonyl (C=O) groups is 3. The van der Waals surface area contributed by atoms with Gasteiger partial charge in [0.15, 0.2) is 11.6 Å². The SMILES string of the molecule is CC1=CC(=O)N(Nc2nc(-c3cccs3)nc3sc(-c4ccc(OCCN5CCCC5=O)cc4)c(C)c23)C1=O.Cl. The molecule has 40 heavy (non-hydrogen) atoms. The number of nitrogens with zero attached hydrogens (tertiary/aromatic N) is 4. The van der Waals surface area contributed by atoms with E-state index in [-0.39, 0.29) is 18.3 Å². The van der Waals surface area contributed by atoms with Crippen LogP contribution in [0.1, 0.15) is 25.3 Å². The van der Waals surface area contributed by atoms with E-state index in [0.29, 0.717) is 36.8 Å². The number of ether oxygens (including phenoxy) is 1. The summed E-state index contributed by atoms with van der Waals surface area (Å²) in [6.45, 7) is 5.44. The Morgan fingerprint density at radius 1 is 1.07 bits per heavy atom. The number of likely N-dealkylation sites (tertiary alicyclic amines) is 1. The maximum Gasteiger partial charge on any atom is 0.275 e. The van der Waals surface area contributed by atoms with Gasteiger partial charge < -0.3 is 9.64 Å². The molecule has 9 nitrogen and oxygen atoms in total. The lowest BCUT2D eigenvalue weighted by atomic mass is 10.1. The summed E-state index contributed by atoms with van der Waals surface area (Å²) in [4.78, 5) is 50.9. The van der Waals surface area contributed by atoms with Gasteiger partial charge in [-0.25, -0.2) is 9.97 Å². The van der Waals surface area contributed by atoms with Crippen LogP contribution >= 0.6 is 35.1 Å². The zero-order valence-electron chi connectivity index (χ0n) is 21.8. The summed E-state index contributed by atoms with van der Waals surface area (Å²) in [7, 11) is 0. The van der Waals surface area contributed by atoms with Gasteiger partial charge in [0.25, 0.3) is 11.8 Å². The molecule has 0 bridgehead atoms. The lowest BCUT2D eigenvalue weighted by molar-refractivity contribution is -0.135. The van der Waals surface area contributed by atoms with Crippen molar-refractivity contribution in [3.63, 3.8) is 0 Å². The summed E-state index contributed by atoms with van der Waals surface area (Å²) in [6.07, 6.45) is 2.85. The first-order valence-electron chi connectivity index (χ1n) is 12.6. The third-order valence-corrected chi connectivity index (χ3v) is 8.87. The van der Waals surface area contributed by atoms with E-state index in [4.69, 9.17) is 14.7 Å². The summed E-state index contributed by atoms with van der Waals surface area (Å²) in [5.74, 6) is 1.03. The number of carbonyl (C=O) groups excluding carboxylic acids is 3. The second-order valence-electron chi connectivity index (χ2n) is 9.38. The van der Waals surface area contributed by atoms with Gasteiger partial charge in [-0.3, -0.25) is 19.8 Å². The van der Waals surface area contributed by atoms with Crippen molar-refractivity contribution in [3.05, 3.63) is 59.0 Å². The van der Waals surface area contributed by atoms with E-state index in [1.807, 2.05) is 53.6 Å². The molecule has 3 amide bonds. The number of hydrazine groups is 1. The minimum absolute atomic E-state index is 0. The van der Waals surface area contributed by atoms with Gasteiger partial charge in [0.05, 0.1) is 16.8 Å². The number of hydrogen-bond donors (Lipinski definition) is 1. The number of imide groups is 1. The first-order chi connectivity index (χ1) is 18.9. The summed E-state index contributed by atoms with van der Waals surface area (Å²) in [5.41, 5.74) is 5.28. The topological polar surface area (TPSA) is 105 Å². The number of aryl methyl sites for hydroxylation is 1. The van der Waals surface area contributed by atoms with Crippen LogP contribution in [0.3, 0.4) is 0 Å². The van der Waals surface area contributed by atoms with Crippen molar-refractivity contribution >= 4 is 68.8 Å². The van der Waals surface area contributed by atoms with Crippen LogP contribution in [-0.2, 0) is 14.4 Å². The van der Waals surface area contributed by atoms with E-state index in [2.05, 4.69) is 5.43 Å². The van der Waals surface area contributed by atoms with Crippen molar-refractivity contribution < 1.29 is 19.1 Å². The molecule has 0 unspecified atom stereocenters. The van der Waals surface area contributed by atoms with Crippen molar-refractivity contribution in [2.24, 2.45) is 0 Å². The summed E-state index contributed by atoms with van der Waals surface area (Å²) < 4.78 is 5.88. The average Bonchev–Trinajstić information content (AvgIpc) is 3.71. The third kappa shape index (κ3) is 5.19. The van der Waals surface area contributed by atoms with Crippen LogP contribution in [0.2, 0.25) is 0 Å². The second kappa shape index (κ2) is 11.4. The maximum atomic E-state index is 12.6. The predicted molar refractivity (Wildman–Crippen MR) is 159 cm³/mol. The summed E-state index contributed by atoms with van der Waals surface area (Å²) >= 11 is 3.05. The molecule has 0 radical (unpaired) electrons. The Bertz CT molecular complexity index is 1630. The van der Waals surface area contributed by atoms with Crippen LogP contribution in [0, 0.1) is 6.92 Å². The van der Waals surface area contributed by atoms with Crippen molar-refractivity contribution in [1.82, 2.24) is 19.9 Å². The standard InChI is InChI=1S/C28H25N5O4S2.ClH/c1-16-15-22(35)33(28(16)36)31-26-23-17(2)24(39-27(23)30-25(29-26)20-5-4-14-38-20)18-7-9-19(10-8-18)37-13-12-32-11-3-6-21(32)34;/h4-5,7-10,14-15H,3,6,11-13H2,1-2H3,(H,29,30,31);1H. The number of rotatable bonds is 8. The van der Waals surface area contributed by atoms with E-state index < -0.39 is 11.8 Å². The first-order valence-corrected chi connectivity index (χ1v) is 14.3. The largest absolute Gasteiger partial charge is 0.492 e. The molecule has 4 aromatic rings. The molecule has 0 saturated carbocycles. The molecular formula is C28H26ClN5O4S2. The Kier molecular flexibility index (Phi) is 7.88. The van der Waals surface area contributed by atoms with Gasteiger partial charge in [-0.2, -0.15) is 5.01 Å². The van der Waals surface area contributed by atoms with Crippen molar-refractivity contribution in [3.8, 4) is 26.9 Å². The molecule has 1 saturated heterocycles. The second-order valence-corrected chi connectivity index (χ2v) is 11.3. The van der Waals surface area contributed by atoms with Gasteiger partial charge in [0, 0.05) is 29.5 Å². The number of hydrogen-bond acceptors (Lipinski definition) is 9. The van der Waals surface area contributed by atoms with E-state index in [9.17, 15) is 14.4 Å². The third-order valence-electron chi connectivity index (χ3n) is 6.77. The number of aromatic nitrogens is 2. The lowest BCUT2D eigenvalue weighted by Gasteiger charge is -2.17. The van der Waals surface area contributed by atoms with E-state index in [1.54, 1.807) is 6.92 Å². The molecule has 0 spiro atoms. The van der Waals surface area contributed by atoms with Crippen molar-refractivity contribution in [2.45, 2.75) is 26.7 Å².